The van der Waals surface area contributed by atoms with E-state index in [0.717, 1.165) is 42.9 Å². The molecule has 1 aliphatic heterocycles. The molecule has 0 saturated carbocycles. The number of aromatic nitrogens is 2. The van der Waals surface area contributed by atoms with Crippen LogP contribution in [0.3, 0.4) is 0 Å². The van der Waals surface area contributed by atoms with Crippen LogP contribution >= 0.6 is 11.3 Å². The van der Waals surface area contributed by atoms with Crippen LogP contribution in [-0.4, -0.2) is 34.0 Å². The van der Waals surface area contributed by atoms with Gasteiger partial charge in [-0.25, -0.2) is 4.98 Å². The Kier molecular flexibility index (Phi) is 4.80. The Morgan fingerprint density at radius 3 is 2.91 bits per heavy atom. The first-order chi connectivity index (χ1) is 11.0. The smallest absolute Gasteiger partial charge is 0.222 e. The fourth-order valence-corrected chi connectivity index (χ4v) is 4.11. The van der Waals surface area contributed by atoms with Crippen molar-refractivity contribution in [3.8, 4) is 0 Å². The molecule has 3 heterocycles. The number of aryl methyl sites for hydroxylation is 3. The number of piperidine rings is 1. The molecule has 1 atom stereocenters. The van der Waals surface area contributed by atoms with E-state index in [0.29, 0.717) is 18.8 Å². The number of carbonyl (C=O) groups excluding carboxylic acids is 1. The van der Waals surface area contributed by atoms with Crippen molar-refractivity contribution in [2.24, 2.45) is 0 Å². The fourth-order valence-electron chi connectivity index (χ4n) is 3.22. The Bertz CT molecular complexity index is 672. The van der Waals surface area contributed by atoms with Crippen molar-refractivity contribution in [2.75, 3.05) is 13.1 Å². The van der Waals surface area contributed by atoms with Gasteiger partial charge in [-0.2, -0.15) is 0 Å². The molecule has 1 amide bonds. The minimum Gasteiger partial charge on any atom is -0.361 e. The van der Waals surface area contributed by atoms with E-state index in [4.69, 9.17) is 4.52 Å². The molecule has 6 heteroatoms. The van der Waals surface area contributed by atoms with E-state index in [-0.39, 0.29) is 5.91 Å². The number of rotatable bonds is 4. The van der Waals surface area contributed by atoms with Crippen molar-refractivity contribution < 1.29 is 9.32 Å². The van der Waals surface area contributed by atoms with E-state index in [1.54, 1.807) is 11.3 Å². The lowest BCUT2D eigenvalue weighted by molar-refractivity contribution is -0.132. The van der Waals surface area contributed by atoms with Crippen molar-refractivity contribution in [3.05, 3.63) is 33.1 Å². The molecule has 0 radical (unpaired) electrons. The van der Waals surface area contributed by atoms with Crippen LogP contribution in [-0.2, 0) is 11.2 Å². The van der Waals surface area contributed by atoms with Crippen LogP contribution in [0, 0.1) is 20.8 Å². The summed E-state index contributed by atoms with van der Waals surface area (Å²) >= 11 is 1.75. The van der Waals surface area contributed by atoms with Gasteiger partial charge in [0.05, 0.1) is 10.7 Å². The lowest BCUT2D eigenvalue weighted by Crippen LogP contribution is -2.39. The highest BCUT2D eigenvalue weighted by atomic mass is 32.1. The van der Waals surface area contributed by atoms with Crippen molar-refractivity contribution >= 4 is 17.2 Å². The van der Waals surface area contributed by atoms with E-state index in [1.807, 2.05) is 24.9 Å². The summed E-state index contributed by atoms with van der Waals surface area (Å²) in [6, 6.07) is 0. The molecule has 0 bridgehead atoms. The van der Waals surface area contributed by atoms with Crippen molar-refractivity contribution in [2.45, 2.75) is 52.4 Å². The Labute approximate surface area is 140 Å². The van der Waals surface area contributed by atoms with Gasteiger partial charge in [-0.05, 0) is 40.0 Å². The molecule has 0 aromatic carbocycles. The molecule has 1 fully saturated rings. The molecule has 0 spiro atoms. The molecule has 2 aromatic heterocycles. The minimum absolute atomic E-state index is 0.225. The zero-order valence-electron chi connectivity index (χ0n) is 14.0. The second-order valence-electron chi connectivity index (χ2n) is 6.29. The zero-order valence-corrected chi connectivity index (χ0v) is 14.8. The Morgan fingerprint density at radius 1 is 1.43 bits per heavy atom. The van der Waals surface area contributed by atoms with Gasteiger partial charge in [-0.15, -0.1) is 11.3 Å². The van der Waals surface area contributed by atoms with Crippen LogP contribution < -0.4 is 0 Å². The van der Waals surface area contributed by atoms with Crippen molar-refractivity contribution in [3.63, 3.8) is 0 Å². The van der Waals surface area contributed by atoms with Gasteiger partial charge in [-0.3, -0.25) is 4.79 Å². The summed E-state index contributed by atoms with van der Waals surface area (Å²) in [5.74, 6) is 1.44. The van der Waals surface area contributed by atoms with Gasteiger partial charge in [-0.1, -0.05) is 5.16 Å². The summed E-state index contributed by atoms with van der Waals surface area (Å²) in [6.07, 6.45) is 5.34. The number of hydrogen-bond acceptors (Lipinski definition) is 5. The topological polar surface area (TPSA) is 59.2 Å². The van der Waals surface area contributed by atoms with Crippen LogP contribution in [0.15, 0.2) is 10.7 Å². The molecule has 1 aliphatic rings. The first-order valence-electron chi connectivity index (χ1n) is 8.16. The van der Waals surface area contributed by atoms with Gasteiger partial charge in [0.1, 0.15) is 5.76 Å². The Hall–Kier alpha value is -1.69. The number of likely N-dealkylation sites (tertiary alicyclic amines) is 1. The first kappa shape index (κ1) is 16.2. The van der Waals surface area contributed by atoms with Crippen molar-refractivity contribution in [1.29, 1.82) is 0 Å². The second-order valence-corrected chi connectivity index (χ2v) is 7.56. The molecule has 2 aromatic rings. The monoisotopic (exact) mass is 333 g/mol. The third-order valence-corrected chi connectivity index (χ3v) is 5.61. The van der Waals surface area contributed by atoms with E-state index < -0.39 is 0 Å². The molecule has 1 saturated heterocycles. The maximum absolute atomic E-state index is 12.6. The van der Waals surface area contributed by atoms with Crippen LogP contribution in [0.2, 0.25) is 0 Å². The number of nitrogens with zero attached hydrogens (tertiary/aromatic N) is 3. The van der Waals surface area contributed by atoms with Gasteiger partial charge in [0.25, 0.3) is 0 Å². The van der Waals surface area contributed by atoms with Crippen LogP contribution in [0.4, 0.5) is 0 Å². The third-order valence-electron chi connectivity index (χ3n) is 4.53. The summed E-state index contributed by atoms with van der Waals surface area (Å²) in [7, 11) is 0. The highest BCUT2D eigenvalue weighted by Gasteiger charge is 2.26. The average molecular weight is 333 g/mol. The summed E-state index contributed by atoms with van der Waals surface area (Å²) < 4.78 is 5.17. The largest absolute Gasteiger partial charge is 0.361 e. The zero-order chi connectivity index (χ0) is 16.4. The molecule has 0 aliphatic carbocycles. The van der Waals surface area contributed by atoms with Crippen molar-refractivity contribution in [1.82, 2.24) is 15.0 Å². The van der Waals surface area contributed by atoms with E-state index in [9.17, 15) is 4.79 Å². The summed E-state index contributed by atoms with van der Waals surface area (Å²) in [6.45, 7) is 7.57. The molecule has 5 nitrogen and oxygen atoms in total. The molecular weight excluding hydrogens is 310 g/mol. The molecule has 0 unspecified atom stereocenters. The lowest BCUT2D eigenvalue weighted by atomic mass is 9.98. The van der Waals surface area contributed by atoms with Gasteiger partial charge in [0.2, 0.25) is 5.91 Å². The number of carbonyl (C=O) groups is 1. The van der Waals surface area contributed by atoms with E-state index in [1.165, 1.54) is 9.88 Å². The minimum atomic E-state index is 0.225. The number of amides is 1. The Balaban J connectivity index is 1.59. The summed E-state index contributed by atoms with van der Waals surface area (Å²) in [4.78, 5) is 20.3. The molecule has 3 rings (SSSR count). The first-order valence-corrected chi connectivity index (χ1v) is 8.98. The SMILES string of the molecule is Cc1cnc([C@@H]2CCCN(C(=O)CCc3c(C)noc3C)C2)s1. The van der Waals surface area contributed by atoms with Crippen LogP contribution in [0.5, 0.6) is 0 Å². The summed E-state index contributed by atoms with van der Waals surface area (Å²) in [5, 5.41) is 5.13. The quantitative estimate of drug-likeness (QED) is 0.860. The number of hydrogen-bond donors (Lipinski definition) is 0. The Morgan fingerprint density at radius 2 is 2.26 bits per heavy atom. The van der Waals surface area contributed by atoms with Gasteiger partial charge in [0, 0.05) is 42.1 Å². The predicted octanol–water partition coefficient (Wildman–Crippen LogP) is 3.40. The molecule has 124 valence electrons. The standard InChI is InChI=1S/C17H23N3O2S/c1-11-9-18-17(23-11)14-5-4-8-20(10-14)16(21)7-6-15-12(2)19-22-13(15)3/h9,14H,4-8,10H2,1-3H3/t14-/m1/s1. The van der Waals surface area contributed by atoms with Crippen LogP contribution in [0.25, 0.3) is 0 Å². The van der Waals surface area contributed by atoms with Gasteiger partial charge in [0.15, 0.2) is 0 Å². The second kappa shape index (κ2) is 6.83. The average Bonchev–Trinajstić information content (AvgIpc) is 3.12. The predicted molar refractivity (Wildman–Crippen MR) is 89.7 cm³/mol. The van der Waals surface area contributed by atoms with E-state index >= 15 is 0 Å². The molecule has 23 heavy (non-hydrogen) atoms. The lowest BCUT2D eigenvalue weighted by Gasteiger charge is -2.32. The number of thiazole rings is 1. The van der Waals surface area contributed by atoms with E-state index in [2.05, 4.69) is 17.1 Å². The fraction of sp³-hybridized carbons (Fsp3) is 0.588. The maximum Gasteiger partial charge on any atom is 0.222 e. The highest BCUT2D eigenvalue weighted by Crippen LogP contribution is 2.30. The summed E-state index contributed by atoms with van der Waals surface area (Å²) in [5.41, 5.74) is 1.97. The van der Waals surface area contributed by atoms with Gasteiger partial charge >= 0.3 is 0 Å². The van der Waals surface area contributed by atoms with Crippen LogP contribution in [0.1, 0.15) is 52.1 Å². The maximum atomic E-state index is 12.6. The third kappa shape index (κ3) is 3.63. The normalized spacial score (nSPS) is 18.4. The van der Waals surface area contributed by atoms with Gasteiger partial charge < -0.3 is 9.42 Å². The molecule has 0 N–H and O–H groups in total. The highest BCUT2D eigenvalue weighted by molar-refractivity contribution is 7.11. The molecular formula is C17H23N3O2S.